The smallest absolute Gasteiger partial charge is 0.338 e. The summed E-state index contributed by atoms with van der Waals surface area (Å²) in [6.45, 7) is -0.398. The third-order valence-electron chi connectivity index (χ3n) is 4.64. The molecule has 0 fully saturated rings. The van der Waals surface area contributed by atoms with Crippen molar-refractivity contribution in [3.63, 3.8) is 0 Å². The van der Waals surface area contributed by atoms with Crippen molar-refractivity contribution in [2.45, 2.75) is 0 Å². The molecule has 0 unspecified atom stereocenters. The van der Waals surface area contributed by atoms with E-state index in [-0.39, 0.29) is 0 Å². The maximum Gasteiger partial charge on any atom is 0.338 e. The van der Waals surface area contributed by atoms with Crippen LogP contribution in [0.5, 0.6) is 0 Å². The summed E-state index contributed by atoms with van der Waals surface area (Å²) in [6, 6.07) is 22.4. The third-order valence-corrected chi connectivity index (χ3v) is 5.59. The molecule has 2 N–H and O–H groups in total. The van der Waals surface area contributed by atoms with Crippen molar-refractivity contribution >= 4 is 49.6 Å². The highest BCUT2D eigenvalue weighted by Gasteiger charge is 2.14. The van der Waals surface area contributed by atoms with E-state index >= 15 is 0 Å². The van der Waals surface area contributed by atoms with Crippen LogP contribution < -0.4 is 5.32 Å². The second kappa shape index (κ2) is 8.00. The van der Waals surface area contributed by atoms with Gasteiger partial charge in [-0.05, 0) is 30.3 Å². The summed E-state index contributed by atoms with van der Waals surface area (Å²) in [4.78, 5) is 36.7. The zero-order valence-electron chi connectivity index (χ0n) is 16.2. The number of benzene rings is 3. The molecule has 0 saturated heterocycles. The number of aromatic nitrogens is 3. The zero-order valence-corrected chi connectivity index (χ0v) is 17.0. The molecule has 152 valence electrons. The van der Waals surface area contributed by atoms with E-state index in [2.05, 4.69) is 20.3 Å². The van der Waals surface area contributed by atoms with Gasteiger partial charge in [0.15, 0.2) is 11.7 Å². The van der Waals surface area contributed by atoms with E-state index < -0.39 is 18.5 Å². The monoisotopic (exact) mass is 428 g/mol. The zero-order chi connectivity index (χ0) is 21.2. The summed E-state index contributed by atoms with van der Waals surface area (Å²) >= 11 is 1.36. The number of carbonyl (C=O) groups excluding carboxylic acids is 2. The highest BCUT2D eigenvalue weighted by atomic mass is 32.1. The number of nitrogens with zero attached hydrogens (tertiary/aromatic N) is 2. The van der Waals surface area contributed by atoms with Crippen LogP contribution >= 0.6 is 11.3 Å². The predicted molar refractivity (Wildman–Crippen MR) is 120 cm³/mol. The van der Waals surface area contributed by atoms with E-state index in [9.17, 15) is 9.59 Å². The summed E-state index contributed by atoms with van der Waals surface area (Å²) in [7, 11) is 0. The Labute approximate surface area is 180 Å². The van der Waals surface area contributed by atoms with Gasteiger partial charge in [0.25, 0.3) is 5.91 Å². The molecular formula is C23H16N4O3S. The maximum absolute atomic E-state index is 12.4. The minimum atomic E-state index is -0.586. The van der Waals surface area contributed by atoms with Crippen LogP contribution in [0.2, 0.25) is 0 Å². The van der Waals surface area contributed by atoms with E-state index in [1.807, 2.05) is 54.6 Å². The lowest BCUT2D eigenvalue weighted by Crippen LogP contribution is -2.20. The van der Waals surface area contributed by atoms with E-state index in [1.165, 1.54) is 11.3 Å². The number of para-hydroxylation sites is 1. The number of rotatable bonds is 5. The Kier molecular flexibility index (Phi) is 4.89. The van der Waals surface area contributed by atoms with Crippen molar-refractivity contribution < 1.29 is 14.3 Å². The second-order valence-corrected chi connectivity index (χ2v) is 7.83. The third kappa shape index (κ3) is 4.01. The Bertz CT molecular complexity index is 1380. The lowest BCUT2D eigenvalue weighted by Gasteiger charge is -2.04. The van der Waals surface area contributed by atoms with Gasteiger partial charge in [0, 0.05) is 5.56 Å². The number of carbonyl (C=O) groups is 2. The molecule has 2 aromatic heterocycles. The molecule has 5 aromatic rings. The molecule has 0 saturated carbocycles. The van der Waals surface area contributed by atoms with Crippen molar-refractivity contribution in [1.82, 2.24) is 15.0 Å². The maximum atomic E-state index is 12.4. The molecule has 0 aliphatic carbocycles. The Morgan fingerprint density at radius 2 is 1.74 bits per heavy atom. The number of nitrogens with one attached hydrogen (secondary N) is 2. The number of aromatic amines is 1. The largest absolute Gasteiger partial charge is 0.452 e. The molecule has 0 radical (unpaired) electrons. The van der Waals surface area contributed by atoms with Crippen molar-refractivity contribution in [1.29, 1.82) is 0 Å². The normalized spacial score (nSPS) is 11.0. The molecule has 8 heteroatoms. The van der Waals surface area contributed by atoms with Gasteiger partial charge in [-0.25, -0.2) is 14.8 Å². The predicted octanol–water partition coefficient (Wildman–Crippen LogP) is 4.64. The molecule has 3 aromatic carbocycles. The molecule has 0 bridgehead atoms. The molecule has 0 aliphatic heterocycles. The molecular weight excluding hydrogens is 412 g/mol. The van der Waals surface area contributed by atoms with Crippen LogP contribution in [0.3, 0.4) is 0 Å². The van der Waals surface area contributed by atoms with Crippen LogP contribution in [-0.4, -0.2) is 33.4 Å². The van der Waals surface area contributed by atoms with Crippen LogP contribution in [0.1, 0.15) is 10.4 Å². The van der Waals surface area contributed by atoms with E-state index in [4.69, 9.17) is 4.74 Å². The highest BCUT2D eigenvalue weighted by Crippen LogP contribution is 2.25. The molecule has 1 amide bonds. The standard InChI is InChI=1S/C23H16N4O3S/c28-20(27-23-26-17-8-4-5-9-19(17)31-23)13-30-22(29)15-10-11-16-18(12-15)25-21(24-16)14-6-2-1-3-7-14/h1-12H,13H2,(H,24,25)(H,26,27,28). The molecule has 5 rings (SSSR count). The summed E-state index contributed by atoms with van der Waals surface area (Å²) in [6.07, 6.45) is 0. The number of thiazole rings is 1. The number of hydrogen-bond acceptors (Lipinski definition) is 6. The van der Waals surface area contributed by atoms with Crippen LogP contribution in [0.15, 0.2) is 72.8 Å². The first-order valence-electron chi connectivity index (χ1n) is 9.53. The quantitative estimate of drug-likeness (QED) is 0.398. The van der Waals surface area contributed by atoms with Gasteiger partial charge in [0.1, 0.15) is 5.82 Å². The van der Waals surface area contributed by atoms with E-state index in [1.54, 1.807) is 18.2 Å². The fourth-order valence-corrected chi connectivity index (χ4v) is 4.05. The van der Waals surface area contributed by atoms with Crippen molar-refractivity contribution in [3.8, 4) is 11.4 Å². The van der Waals surface area contributed by atoms with E-state index in [0.717, 1.165) is 27.1 Å². The van der Waals surface area contributed by atoms with E-state index in [0.29, 0.717) is 16.2 Å². The summed E-state index contributed by atoms with van der Waals surface area (Å²) in [5, 5.41) is 3.13. The number of imidazole rings is 1. The number of hydrogen-bond donors (Lipinski definition) is 2. The highest BCUT2D eigenvalue weighted by molar-refractivity contribution is 7.22. The van der Waals surface area contributed by atoms with Gasteiger partial charge < -0.3 is 9.72 Å². The van der Waals surface area contributed by atoms with Crippen LogP contribution in [0.4, 0.5) is 5.13 Å². The van der Waals surface area contributed by atoms with Gasteiger partial charge in [-0.1, -0.05) is 53.8 Å². The number of fused-ring (bicyclic) bond motifs is 2. The Balaban J connectivity index is 1.24. The number of esters is 1. The van der Waals surface area contributed by atoms with Crippen LogP contribution in [-0.2, 0) is 9.53 Å². The lowest BCUT2D eigenvalue weighted by molar-refractivity contribution is -0.119. The molecule has 7 nitrogen and oxygen atoms in total. The average Bonchev–Trinajstić information content (AvgIpc) is 3.41. The summed E-state index contributed by atoms with van der Waals surface area (Å²) < 4.78 is 6.14. The minimum absolute atomic E-state index is 0.337. The van der Waals surface area contributed by atoms with Crippen molar-refractivity contribution in [2.75, 3.05) is 11.9 Å². The summed E-state index contributed by atoms with van der Waals surface area (Å²) in [5.41, 5.74) is 3.55. The molecule has 0 atom stereocenters. The SMILES string of the molecule is O=C(COC(=O)c1ccc2nc(-c3ccccc3)[nH]c2c1)Nc1nc2ccccc2s1. The number of ether oxygens (including phenoxy) is 1. The van der Waals surface area contributed by atoms with Crippen molar-refractivity contribution in [3.05, 3.63) is 78.4 Å². The fraction of sp³-hybridized carbons (Fsp3) is 0.0435. The Morgan fingerprint density at radius 3 is 2.58 bits per heavy atom. The van der Waals surface area contributed by atoms with Crippen LogP contribution in [0, 0.1) is 0 Å². The fourth-order valence-electron chi connectivity index (χ4n) is 3.16. The average molecular weight is 428 g/mol. The number of H-pyrrole nitrogens is 1. The van der Waals surface area contributed by atoms with Gasteiger partial charge in [-0.3, -0.25) is 10.1 Å². The van der Waals surface area contributed by atoms with Gasteiger partial charge in [-0.15, -0.1) is 0 Å². The number of anilines is 1. The van der Waals surface area contributed by atoms with Gasteiger partial charge in [0.2, 0.25) is 0 Å². The topological polar surface area (TPSA) is 97.0 Å². The van der Waals surface area contributed by atoms with Gasteiger partial charge in [-0.2, -0.15) is 0 Å². The summed E-state index contributed by atoms with van der Waals surface area (Å²) in [5.74, 6) is -0.310. The number of amides is 1. The van der Waals surface area contributed by atoms with Crippen LogP contribution in [0.25, 0.3) is 32.6 Å². The molecule has 0 aliphatic rings. The minimum Gasteiger partial charge on any atom is -0.452 e. The van der Waals surface area contributed by atoms with Gasteiger partial charge >= 0.3 is 5.97 Å². The lowest BCUT2D eigenvalue weighted by atomic mass is 10.2. The molecule has 2 heterocycles. The first-order valence-corrected chi connectivity index (χ1v) is 10.3. The first-order chi connectivity index (χ1) is 15.2. The van der Waals surface area contributed by atoms with Crippen molar-refractivity contribution in [2.24, 2.45) is 0 Å². The second-order valence-electron chi connectivity index (χ2n) is 6.79. The Morgan fingerprint density at radius 1 is 0.935 bits per heavy atom. The van der Waals surface area contributed by atoms with Gasteiger partial charge in [0.05, 0.1) is 26.8 Å². The molecule has 0 spiro atoms. The Hall–Kier alpha value is -4.04. The molecule has 31 heavy (non-hydrogen) atoms. The first kappa shape index (κ1) is 19.0.